The molecule has 0 fully saturated rings. The second-order valence-electron chi connectivity index (χ2n) is 4.02. The minimum absolute atomic E-state index is 0.0591. The van der Waals surface area contributed by atoms with Crippen molar-refractivity contribution >= 4 is 17.5 Å². The fourth-order valence-electron chi connectivity index (χ4n) is 1.50. The highest BCUT2D eigenvalue weighted by Gasteiger charge is 2.16. The molecule has 1 aromatic carbocycles. The van der Waals surface area contributed by atoms with Gasteiger partial charge < -0.3 is 5.32 Å². The Hall–Kier alpha value is -1.02. The summed E-state index contributed by atoms with van der Waals surface area (Å²) in [6.07, 6.45) is 0.800. The largest absolute Gasteiger partial charge is 0.353 e. The van der Waals surface area contributed by atoms with Crippen LogP contribution in [-0.4, -0.2) is 17.8 Å². The van der Waals surface area contributed by atoms with Crippen molar-refractivity contribution in [3.63, 3.8) is 0 Å². The maximum atomic E-state index is 11.9. The second-order valence-corrected chi connectivity index (χ2v) is 4.40. The average Bonchev–Trinajstić information content (AvgIpc) is 2.29. The predicted molar refractivity (Wildman–Crippen MR) is 67.8 cm³/mol. The van der Waals surface area contributed by atoms with Crippen LogP contribution in [0.4, 0.5) is 0 Å². The summed E-state index contributed by atoms with van der Waals surface area (Å²) >= 11 is 5.63. The molecule has 88 valence electrons. The number of hydrogen-bond donors (Lipinski definition) is 1. The van der Waals surface area contributed by atoms with Crippen LogP contribution in [0.25, 0.3) is 0 Å². The van der Waals surface area contributed by atoms with E-state index in [1.165, 1.54) is 0 Å². The van der Waals surface area contributed by atoms with E-state index in [2.05, 4.69) is 5.32 Å². The Morgan fingerprint density at radius 3 is 2.50 bits per heavy atom. The van der Waals surface area contributed by atoms with Gasteiger partial charge in [-0.1, -0.05) is 30.3 Å². The first-order valence-corrected chi connectivity index (χ1v) is 6.10. The van der Waals surface area contributed by atoms with E-state index in [-0.39, 0.29) is 17.9 Å². The zero-order valence-electron chi connectivity index (χ0n) is 9.74. The van der Waals surface area contributed by atoms with Crippen LogP contribution in [0.15, 0.2) is 30.3 Å². The molecule has 2 unspecified atom stereocenters. The number of alkyl halides is 1. The molecule has 2 atom stereocenters. The van der Waals surface area contributed by atoms with Gasteiger partial charge in [0.1, 0.15) is 0 Å². The summed E-state index contributed by atoms with van der Waals surface area (Å²) in [7, 11) is 0. The van der Waals surface area contributed by atoms with Gasteiger partial charge in [0.2, 0.25) is 5.91 Å². The lowest BCUT2D eigenvalue weighted by Crippen LogP contribution is -2.35. The van der Waals surface area contributed by atoms with E-state index in [1.54, 1.807) is 0 Å². The summed E-state index contributed by atoms with van der Waals surface area (Å²) in [5.74, 6) is 0.518. The molecular formula is C13H18ClNO. The number of carbonyl (C=O) groups excluding carboxylic acids is 1. The Labute approximate surface area is 102 Å². The molecule has 0 aromatic heterocycles. The van der Waals surface area contributed by atoms with Crippen molar-refractivity contribution in [1.29, 1.82) is 0 Å². The van der Waals surface area contributed by atoms with Crippen LogP contribution in [0.1, 0.15) is 31.7 Å². The molecule has 0 spiro atoms. The molecule has 1 amide bonds. The van der Waals surface area contributed by atoms with Crippen LogP contribution < -0.4 is 5.32 Å². The molecule has 0 bridgehead atoms. The smallest absolute Gasteiger partial charge is 0.227 e. The molecule has 16 heavy (non-hydrogen) atoms. The topological polar surface area (TPSA) is 29.1 Å². The van der Waals surface area contributed by atoms with Crippen LogP contribution in [0, 0.1) is 0 Å². The van der Waals surface area contributed by atoms with Gasteiger partial charge in [-0.15, -0.1) is 11.6 Å². The van der Waals surface area contributed by atoms with E-state index in [4.69, 9.17) is 11.6 Å². The first-order valence-electron chi connectivity index (χ1n) is 5.56. The zero-order chi connectivity index (χ0) is 12.0. The SMILES string of the molecule is CC(CCCl)NC(=O)C(C)c1ccccc1. The number of hydrogen-bond acceptors (Lipinski definition) is 1. The van der Waals surface area contributed by atoms with Gasteiger partial charge >= 0.3 is 0 Å². The molecule has 1 aromatic rings. The maximum absolute atomic E-state index is 11.9. The lowest BCUT2D eigenvalue weighted by atomic mass is 10.00. The van der Waals surface area contributed by atoms with E-state index in [0.29, 0.717) is 5.88 Å². The van der Waals surface area contributed by atoms with E-state index < -0.39 is 0 Å². The summed E-state index contributed by atoms with van der Waals surface area (Å²) in [5, 5.41) is 2.96. The molecule has 0 radical (unpaired) electrons. The third-order valence-corrected chi connectivity index (χ3v) is 2.84. The number of nitrogens with one attached hydrogen (secondary N) is 1. The normalized spacial score (nSPS) is 14.2. The number of halogens is 1. The molecule has 0 aliphatic heterocycles. The quantitative estimate of drug-likeness (QED) is 0.787. The lowest BCUT2D eigenvalue weighted by Gasteiger charge is -2.16. The molecule has 3 heteroatoms. The minimum atomic E-state index is -0.112. The predicted octanol–water partition coefficient (Wildman–Crippen LogP) is 2.92. The van der Waals surface area contributed by atoms with Crippen molar-refractivity contribution in [2.24, 2.45) is 0 Å². The van der Waals surface area contributed by atoms with Crippen molar-refractivity contribution in [3.8, 4) is 0 Å². The van der Waals surface area contributed by atoms with Crippen LogP contribution in [0.2, 0.25) is 0 Å². The van der Waals surface area contributed by atoms with E-state index in [1.807, 2.05) is 44.2 Å². The summed E-state index contributed by atoms with van der Waals surface area (Å²) < 4.78 is 0. The Morgan fingerprint density at radius 2 is 1.94 bits per heavy atom. The maximum Gasteiger partial charge on any atom is 0.227 e. The Kier molecular flexibility index (Phi) is 5.33. The summed E-state index contributed by atoms with van der Waals surface area (Å²) in [5.41, 5.74) is 1.04. The molecule has 0 saturated heterocycles. The van der Waals surface area contributed by atoms with Crippen molar-refractivity contribution in [2.75, 3.05) is 5.88 Å². The second kappa shape index (κ2) is 6.54. The van der Waals surface area contributed by atoms with Crippen molar-refractivity contribution in [2.45, 2.75) is 32.2 Å². The molecule has 0 saturated carbocycles. The van der Waals surface area contributed by atoms with Gasteiger partial charge in [-0.05, 0) is 25.8 Å². The van der Waals surface area contributed by atoms with Gasteiger partial charge in [-0.3, -0.25) is 4.79 Å². The number of rotatable bonds is 5. The van der Waals surface area contributed by atoms with E-state index >= 15 is 0 Å². The first kappa shape index (κ1) is 13.0. The highest BCUT2D eigenvalue weighted by atomic mass is 35.5. The summed E-state index contributed by atoms with van der Waals surface area (Å²) in [6, 6.07) is 9.91. The monoisotopic (exact) mass is 239 g/mol. The Bertz CT molecular complexity index is 326. The van der Waals surface area contributed by atoms with Gasteiger partial charge in [0.15, 0.2) is 0 Å². The molecule has 0 heterocycles. The molecule has 0 aliphatic carbocycles. The average molecular weight is 240 g/mol. The third-order valence-electron chi connectivity index (χ3n) is 2.62. The van der Waals surface area contributed by atoms with Crippen molar-refractivity contribution in [1.82, 2.24) is 5.32 Å². The molecule has 2 nitrogen and oxygen atoms in total. The zero-order valence-corrected chi connectivity index (χ0v) is 10.5. The van der Waals surface area contributed by atoms with Gasteiger partial charge in [-0.2, -0.15) is 0 Å². The Morgan fingerprint density at radius 1 is 1.31 bits per heavy atom. The van der Waals surface area contributed by atoms with Gasteiger partial charge in [0.05, 0.1) is 5.92 Å². The van der Waals surface area contributed by atoms with Crippen LogP contribution in [0.5, 0.6) is 0 Å². The molecular weight excluding hydrogens is 222 g/mol. The number of carbonyl (C=O) groups is 1. The summed E-state index contributed by atoms with van der Waals surface area (Å²) in [6.45, 7) is 3.88. The lowest BCUT2D eigenvalue weighted by molar-refractivity contribution is -0.122. The van der Waals surface area contributed by atoms with Crippen LogP contribution in [-0.2, 0) is 4.79 Å². The van der Waals surface area contributed by atoms with Crippen molar-refractivity contribution in [3.05, 3.63) is 35.9 Å². The molecule has 0 aliphatic rings. The fraction of sp³-hybridized carbons (Fsp3) is 0.462. The number of amides is 1. The summed E-state index contributed by atoms with van der Waals surface area (Å²) in [4.78, 5) is 11.9. The standard InChI is InChI=1S/C13H18ClNO/c1-10(8-9-14)15-13(16)11(2)12-6-4-3-5-7-12/h3-7,10-11H,8-9H2,1-2H3,(H,15,16). The van der Waals surface area contributed by atoms with E-state index in [9.17, 15) is 4.79 Å². The van der Waals surface area contributed by atoms with Crippen LogP contribution >= 0.6 is 11.6 Å². The van der Waals surface area contributed by atoms with Gasteiger partial charge in [0.25, 0.3) is 0 Å². The molecule has 1 N–H and O–H groups in total. The van der Waals surface area contributed by atoms with E-state index in [0.717, 1.165) is 12.0 Å². The van der Waals surface area contributed by atoms with Crippen molar-refractivity contribution < 1.29 is 4.79 Å². The highest BCUT2D eigenvalue weighted by molar-refractivity contribution is 6.17. The fourth-order valence-corrected chi connectivity index (χ4v) is 1.82. The molecule has 1 rings (SSSR count). The first-order chi connectivity index (χ1) is 7.65. The Balaban J connectivity index is 2.55. The van der Waals surface area contributed by atoms with Crippen LogP contribution in [0.3, 0.4) is 0 Å². The van der Waals surface area contributed by atoms with Gasteiger partial charge in [0, 0.05) is 11.9 Å². The van der Waals surface area contributed by atoms with Gasteiger partial charge in [-0.25, -0.2) is 0 Å². The number of benzene rings is 1. The highest BCUT2D eigenvalue weighted by Crippen LogP contribution is 2.14. The third kappa shape index (κ3) is 3.86. The minimum Gasteiger partial charge on any atom is -0.353 e.